The zero-order valence-electron chi connectivity index (χ0n) is 8.38. The first-order valence-electron chi connectivity index (χ1n) is 4.22. The van der Waals surface area contributed by atoms with Gasteiger partial charge in [0.2, 0.25) is 0 Å². The summed E-state index contributed by atoms with van der Waals surface area (Å²) in [5.41, 5.74) is 0. The highest BCUT2D eigenvalue weighted by molar-refractivity contribution is 7.94. The molecule has 0 heterocycles. The summed E-state index contributed by atoms with van der Waals surface area (Å²) in [5.74, 6) is -0.731. The number of carbonyl (C=O) groups is 1. The number of methoxy groups -OCH3 is 1. The Morgan fingerprint density at radius 2 is 2.12 bits per heavy atom. The highest BCUT2D eigenvalue weighted by Crippen LogP contribution is 2.17. The minimum absolute atomic E-state index is 0.0279. The summed E-state index contributed by atoms with van der Waals surface area (Å²) < 4.78 is 27.6. The van der Waals surface area contributed by atoms with Crippen molar-refractivity contribution in [2.45, 2.75) is 4.90 Å². The van der Waals surface area contributed by atoms with Gasteiger partial charge in [-0.1, -0.05) is 17.7 Å². The van der Waals surface area contributed by atoms with Gasteiger partial charge in [-0.15, -0.1) is 0 Å². The van der Waals surface area contributed by atoms with Crippen LogP contribution in [0.25, 0.3) is 0 Å². The van der Waals surface area contributed by atoms with Crippen LogP contribution in [0.4, 0.5) is 0 Å². The molecule has 1 rings (SSSR count). The Morgan fingerprint density at radius 3 is 2.69 bits per heavy atom. The maximum Gasteiger partial charge on any atom is 0.331 e. The Morgan fingerprint density at radius 1 is 1.44 bits per heavy atom. The molecule has 0 radical (unpaired) electrons. The van der Waals surface area contributed by atoms with Gasteiger partial charge in [-0.25, -0.2) is 13.2 Å². The molecule has 0 fully saturated rings. The van der Waals surface area contributed by atoms with Gasteiger partial charge < -0.3 is 4.74 Å². The van der Waals surface area contributed by atoms with Crippen molar-refractivity contribution in [3.05, 3.63) is 40.8 Å². The lowest BCUT2D eigenvalue weighted by Gasteiger charge is -1.98. The van der Waals surface area contributed by atoms with Crippen LogP contribution in [-0.2, 0) is 19.4 Å². The van der Waals surface area contributed by atoms with E-state index in [2.05, 4.69) is 4.74 Å². The summed E-state index contributed by atoms with van der Waals surface area (Å²) in [6.45, 7) is 0. The van der Waals surface area contributed by atoms with Crippen molar-refractivity contribution < 1.29 is 17.9 Å². The largest absolute Gasteiger partial charge is 0.466 e. The second-order valence-electron chi connectivity index (χ2n) is 2.83. The molecule has 4 nitrogen and oxygen atoms in total. The van der Waals surface area contributed by atoms with Crippen molar-refractivity contribution in [3.63, 3.8) is 0 Å². The smallest absolute Gasteiger partial charge is 0.331 e. The zero-order valence-corrected chi connectivity index (χ0v) is 9.96. The van der Waals surface area contributed by atoms with Gasteiger partial charge in [-0.3, -0.25) is 0 Å². The van der Waals surface area contributed by atoms with Gasteiger partial charge in [0, 0.05) is 16.5 Å². The molecule has 0 aromatic heterocycles. The molecule has 0 atom stereocenters. The molecule has 1 aromatic rings. The van der Waals surface area contributed by atoms with E-state index >= 15 is 0 Å². The van der Waals surface area contributed by atoms with Gasteiger partial charge in [0.1, 0.15) is 0 Å². The number of halogens is 1. The van der Waals surface area contributed by atoms with Crippen LogP contribution in [0.15, 0.2) is 40.6 Å². The normalized spacial score (nSPS) is 11.6. The molecule has 0 N–H and O–H groups in total. The molecule has 0 spiro atoms. The van der Waals surface area contributed by atoms with Crippen molar-refractivity contribution in [2.75, 3.05) is 7.11 Å². The Hall–Kier alpha value is -1.33. The topological polar surface area (TPSA) is 60.4 Å². The molecule has 0 unspecified atom stereocenters. The number of ether oxygens (including phenoxy) is 1. The summed E-state index contributed by atoms with van der Waals surface area (Å²) in [5, 5.41) is 1.09. The van der Waals surface area contributed by atoms with Gasteiger partial charge in [0.25, 0.3) is 0 Å². The molecule has 0 amide bonds. The van der Waals surface area contributed by atoms with Crippen LogP contribution in [-0.4, -0.2) is 21.5 Å². The maximum absolute atomic E-state index is 11.7. The Kier molecular flexibility index (Phi) is 4.09. The van der Waals surface area contributed by atoms with E-state index in [4.69, 9.17) is 11.6 Å². The average Bonchev–Trinajstić information content (AvgIpc) is 2.26. The van der Waals surface area contributed by atoms with Gasteiger partial charge in [-0.2, -0.15) is 0 Å². The van der Waals surface area contributed by atoms with Crippen LogP contribution in [0, 0.1) is 0 Å². The van der Waals surface area contributed by atoms with Crippen molar-refractivity contribution in [3.8, 4) is 0 Å². The van der Waals surface area contributed by atoms with E-state index in [1.165, 1.54) is 25.3 Å². The lowest BCUT2D eigenvalue weighted by Crippen LogP contribution is -1.99. The fourth-order valence-electron chi connectivity index (χ4n) is 0.936. The fraction of sp³-hybridized carbons (Fsp3) is 0.100. The summed E-state index contributed by atoms with van der Waals surface area (Å²) >= 11 is 5.66. The number of hydrogen-bond acceptors (Lipinski definition) is 4. The maximum atomic E-state index is 11.7. The first-order valence-corrected chi connectivity index (χ1v) is 6.15. The molecule has 0 aliphatic rings. The van der Waals surface area contributed by atoms with Crippen molar-refractivity contribution in [1.29, 1.82) is 0 Å². The van der Waals surface area contributed by atoms with Crippen LogP contribution >= 0.6 is 11.6 Å². The average molecular weight is 261 g/mol. The molecule has 0 bridgehead atoms. The van der Waals surface area contributed by atoms with E-state index in [0.717, 1.165) is 11.5 Å². The first-order chi connectivity index (χ1) is 7.45. The minimum Gasteiger partial charge on any atom is -0.466 e. The molecular formula is C10H9ClO4S. The Balaban J connectivity index is 3.04. The Labute approximate surface area is 98.4 Å². The number of benzene rings is 1. The number of rotatable bonds is 3. The fourth-order valence-corrected chi connectivity index (χ4v) is 2.20. The summed E-state index contributed by atoms with van der Waals surface area (Å²) in [6.07, 6.45) is 0.843. The predicted octanol–water partition coefficient (Wildman–Crippen LogP) is 1.80. The van der Waals surface area contributed by atoms with Gasteiger partial charge in [0.05, 0.1) is 12.0 Å². The monoisotopic (exact) mass is 260 g/mol. The van der Waals surface area contributed by atoms with Crippen LogP contribution in [0.1, 0.15) is 0 Å². The van der Waals surface area contributed by atoms with Crippen LogP contribution in [0.3, 0.4) is 0 Å². The highest BCUT2D eigenvalue weighted by atomic mass is 35.5. The van der Waals surface area contributed by atoms with Gasteiger partial charge in [0.15, 0.2) is 9.84 Å². The molecule has 0 saturated heterocycles. The first kappa shape index (κ1) is 12.7. The van der Waals surface area contributed by atoms with Gasteiger partial charge >= 0.3 is 5.97 Å². The number of carbonyl (C=O) groups excluding carboxylic acids is 1. The summed E-state index contributed by atoms with van der Waals surface area (Å²) in [6, 6.07) is 5.77. The second kappa shape index (κ2) is 5.14. The quantitative estimate of drug-likeness (QED) is 0.614. The molecule has 6 heteroatoms. The zero-order chi connectivity index (χ0) is 12.2. The van der Waals surface area contributed by atoms with Crippen molar-refractivity contribution >= 4 is 27.4 Å². The van der Waals surface area contributed by atoms with E-state index in [1.807, 2.05) is 0 Å². The van der Waals surface area contributed by atoms with Crippen LogP contribution in [0.2, 0.25) is 5.02 Å². The van der Waals surface area contributed by atoms with E-state index in [0.29, 0.717) is 5.02 Å². The Bertz CT molecular complexity index is 519. The number of esters is 1. The molecule has 0 saturated carbocycles. The third kappa shape index (κ3) is 3.36. The van der Waals surface area contributed by atoms with Gasteiger partial charge in [-0.05, 0) is 18.2 Å². The minimum atomic E-state index is -3.65. The van der Waals surface area contributed by atoms with E-state index in [1.54, 1.807) is 6.07 Å². The standard InChI is InChI=1S/C10H9ClO4S/c1-15-10(12)5-6-16(13,14)9-4-2-3-8(11)7-9/h2-7H,1H3/b6-5+. The van der Waals surface area contributed by atoms with Crippen molar-refractivity contribution in [1.82, 2.24) is 0 Å². The lowest BCUT2D eigenvalue weighted by molar-refractivity contribution is -0.134. The van der Waals surface area contributed by atoms with Crippen LogP contribution in [0.5, 0.6) is 0 Å². The second-order valence-corrected chi connectivity index (χ2v) is 5.10. The number of sulfone groups is 1. The summed E-state index contributed by atoms with van der Waals surface area (Å²) in [7, 11) is -2.49. The number of hydrogen-bond donors (Lipinski definition) is 0. The molecule has 86 valence electrons. The molecule has 0 aliphatic heterocycles. The predicted molar refractivity (Wildman–Crippen MR) is 59.8 cm³/mol. The molecule has 1 aromatic carbocycles. The molecule has 16 heavy (non-hydrogen) atoms. The van der Waals surface area contributed by atoms with E-state index in [-0.39, 0.29) is 4.90 Å². The third-order valence-electron chi connectivity index (χ3n) is 1.71. The van der Waals surface area contributed by atoms with E-state index in [9.17, 15) is 13.2 Å². The van der Waals surface area contributed by atoms with E-state index < -0.39 is 15.8 Å². The van der Waals surface area contributed by atoms with Crippen molar-refractivity contribution in [2.24, 2.45) is 0 Å². The highest BCUT2D eigenvalue weighted by Gasteiger charge is 2.11. The SMILES string of the molecule is COC(=O)/C=C/S(=O)(=O)c1cccc(Cl)c1. The van der Waals surface area contributed by atoms with Crippen LogP contribution < -0.4 is 0 Å². The lowest BCUT2D eigenvalue weighted by atomic mass is 10.4. The third-order valence-corrected chi connectivity index (χ3v) is 3.35. The summed E-state index contributed by atoms with van der Waals surface area (Å²) in [4.78, 5) is 10.8. The molecular weight excluding hydrogens is 252 g/mol. The molecule has 0 aliphatic carbocycles.